The molecule has 1 atom stereocenters. The highest BCUT2D eigenvalue weighted by molar-refractivity contribution is 5.92. The van der Waals surface area contributed by atoms with Crippen LogP contribution in [0.5, 0.6) is 0 Å². The van der Waals surface area contributed by atoms with Crippen LogP contribution in [-0.2, 0) is 6.54 Å². The highest BCUT2D eigenvalue weighted by Gasteiger charge is 2.17. The van der Waals surface area contributed by atoms with Crippen molar-refractivity contribution in [1.82, 2.24) is 20.0 Å². The lowest BCUT2D eigenvalue weighted by Gasteiger charge is -2.29. The fraction of sp³-hybridized carbons (Fsp3) is 0.733. The van der Waals surface area contributed by atoms with Crippen molar-refractivity contribution in [1.29, 1.82) is 0 Å². The molecule has 20 heavy (non-hydrogen) atoms. The molecule has 1 aliphatic rings. The van der Waals surface area contributed by atoms with E-state index in [9.17, 15) is 4.79 Å². The summed E-state index contributed by atoms with van der Waals surface area (Å²) in [7, 11) is 2.17. The molecule has 0 bridgehead atoms. The van der Waals surface area contributed by atoms with Crippen molar-refractivity contribution in [2.75, 3.05) is 26.7 Å². The van der Waals surface area contributed by atoms with E-state index in [1.807, 2.05) is 0 Å². The van der Waals surface area contributed by atoms with Gasteiger partial charge in [-0.15, -0.1) is 0 Å². The van der Waals surface area contributed by atoms with Crippen LogP contribution in [0.2, 0.25) is 0 Å². The van der Waals surface area contributed by atoms with Crippen LogP contribution in [-0.4, -0.2) is 47.3 Å². The summed E-state index contributed by atoms with van der Waals surface area (Å²) in [6, 6.07) is 1.79. The van der Waals surface area contributed by atoms with Crippen LogP contribution >= 0.6 is 0 Å². The van der Waals surface area contributed by atoms with Crippen molar-refractivity contribution in [3.8, 4) is 0 Å². The summed E-state index contributed by atoms with van der Waals surface area (Å²) in [6.45, 7) is 6.00. The number of hydrogen-bond acceptors (Lipinski definition) is 3. The summed E-state index contributed by atoms with van der Waals surface area (Å²) in [4.78, 5) is 14.5. The fourth-order valence-electron chi connectivity index (χ4n) is 2.90. The molecule has 2 heterocycles. The molecule has 1 amide bonds. The maximum atomic E-state index is 12.1. The van der Waals surface area contributed by atoms with Crippen LogP contribution in [0.25, 0.3) is 0 Å². The maximum absolute atomic E-state index is 12.1. The lowest BCUT2D eigenvalue weighted by Crippen LogP contribution is -2.35. The summed E-state index contributed by atoms with van der Waals surface area (Å²) >= 11 is 0. The van der Waals surface area contributed by atoms with Gasteiger partial charge in [-0.3, -0.25) is 9.48 Å². The van der Waals surface area contributed by atoms with Crippen molar-refractivity contribution < 1.29 is 4.79 Å². The van der Waals surface area contributed by atoms with Gasteiger partial charge in [0.05, 0.1) is 0 Å². The van der Waals surface area contributed by atoms with Crippen molar-refractivity contribution >= 4 is 5.91 Å². The number of aromatic nitrogens is 2. The van der Waals surface area contributed by atoms with E-state index in [-0.39, 0.29) is 5.91 Å². The summed E-state index contributed by atoms with van der Waals surface area (Å²) < 4.78 is 1.78. The van der Waals surface area contributed by atoms with Crippen molar-refractivity contribution in [3.63, 3.8) is 0 Å². The second kappa shape index (κ2) is 7.43. The number of nitrogens with zero attached hydrogens (tertiary/aromatic N) is 3. The molecule has 0 radical (unpaired) electrons. The van der Waals surface area contributed by atoms with Crippen LogP contribution in [0, 0.1) is 5.92 Å². The minimum Gasteiger partial charge on any atom is -0.351 e. The Morgan fingerprint density at radius 3 is 3.15 bits per heavy atom. The Morgan fingerprint density at radius 1 is 1.55 bits per heavy atom. The van der Waals surface area contributed by atoms with Gasteiger partial charge in [0, 0.05) is 25.8 Å². The van der Waals surface area contributed by atoms with Crippen LogP contribution in [0.3, 0.4) is 0 Å². The first-order valence-corrected chi connectivity index (χ1v) is 7.69. The Morgan fingerprint density at radius 2 is 2.40 bits per heavy atom. The van der Waals surface area contributed by atoms with Gasteiger partial charge in [0.1, 0.15) is 5.69 Å². The van der Waals surface area contributed by atoms with E-state index in [0.29, 0.717) is 5.69 Å². The SMILES string of the molecule is CCCn1nccc1C(=O)NCC[C@@H]1CCCN(C)C1. The molecule has 1 aromatic rings. The average Bonchev–Trinajstić information content (AvgIpc) is 2.87. The van der Waals surface area contributed by atoms with Crippen LogP contribution < -0.4 is 5.32 Å². The Balaban J connectivity index is 1.76. The van der Waals surface area contributed by atoms with Gasteiger partial charge in [-0.2, -0.15) is 5.10 Å². The van der Waals surface area contributed by atoms with E-state index in [1.165, 1.54) is 19.4 Å². The van der Waals surface area contributed by atoms with E-state index < -0.39 is 0 Å². The molecule has 0 aliphatic carbocycles. The lowest BCUT2D eigenvalue weighted by atomic mass is 9.95. The molecule has 1 N–H and O–H groups in total. The number of nitrogens with one attached hydrogen (secondary N) is 1. The number of piperidine rings is 1. The minimum absolute atomic E-state index is 0.000106. The zero-order valence-corrected chi connectivity index (χ0v) is 12.6. The summed E-state index contributed by atoms with van der Waals surface area (Å²) in [5.41, 5.74) is 0.674. The minimum atomic E-state index is 0.000106. The molecule has 0 saturated carbocycles. The molecule has 0 spiro atoms. The normalized spacial score (nSPS) is 20.0. The molecule has 112 valence electrons. The highest BCUT2D eigenvalue weighted by Crippen LogP contribution is 2.17. The predicted octanol–water partition coefficient (Wildman–Crippen LogP) is 1.75. The van der Waals surface area contributed by atoms with Gasteiger partial charge in [-0.05, 0) is 51.3 Å². The summed E-state index contributed by atoms with van der Waals surface area (Å²) in [5.74, 6) is 0.717. The van der Waals surface area contributed by atoms with E-state index in [1.54, 1.807) is 16.9 Å². The molecular weight excluding hydrogens is 252 g/mol. The monoisotopic (exact) mass is 278 g/mol. The molecule has 2 rings (SSSR count). The second-order valence-corrected chi connectivity index (χ2v) is 5.75. The topological polar surface area (TPSA) is 50.2 Å². The molecule has 1 aromatic heterocycles. The first-order chi connectivity index (χ1) is 9.70. The van der Waals surface area contributed by atoms with Gasteiger partial charge in [0.15, 0.2) is 0 Å². The van der Waals surface area contributed by atoms with Gasteiger partial charge in [-0.1, -0.05) is 6.92 Å². The summed E-state index contributed by atoms with van der Waals surface area (Å²) in [5, 5.41) is 7.21. The second-order valence-electron chi connectivity index (χ2n) is 5.75. The third-order valence-corrected chi connectivity index (χ3v) is 3.94. The number of carbonyl (C=O) groups is 1. The third kappa shape index (κ3) is 4.07. The van der Waals surface area contributed by atoms with Gasteiger partial charge in [0.2, 0.25) is 0 Å². The first kappa shape index (κ1) is 15.0. The number of carbonyl (C=O) groups excluding carboxylic acids is 1. The smallest absolute Gasteiger partial charge is 0.269 e. The lowest BCUT2D eigenvalue weighted by molar-refractivity contribution is 0.0937. The molecular formula is C15H26N4O. The molecule has 1 aliphatic heterocycles. The Labute approximate surface area is 121 Å². The fourth-order valence-corrected chi connectivity index (χ4v) is 2.90. The van der Waals surface area contributed by atoms with Crippen molar-refractivity contribution in [2.24, 2.45) is 5.92 Å². The average molecular weight is 278 g/mol. The number of likely N-dealkylation sites (tertiary alicyclic amines) is 1. The largest absolute Gasteiger partial charge is 0.351 e. The standard InChI is InChI=1S/C15H26N4O/c1-3-10-19-14(7-9-17-19)15(20)16-8-6-13-5-4-11-18(2)12-13/h7,9,13H,3-6,8,10-12H2,1-2H3,(H,16,20)/t13-/m0/s1. The third-order valence-electron chi connectivity index (χ3n) is 3.94. The highest BCUT2D eigenvalue weighted by atomic mass is 16.2. The van der Waals surface area contributed by atoms with E-state index in [2.05, 4.69) is 29.3 Å². The number of hydrogen-bond donors (Lipinski definition) is 1. The molecule has 0 aromatic carbocycles. The van der Waals surface area contributed by atoms with E-state index in [0.717, 1.165) is 38.4 Å². The maximum Gasteiger partial charge on any atom is 0.269 e. The Kier molecular flexibility index (Phi) is 5.59. The van der Waals surface area contributed by atoms with Crippen LogP contribution in [0.1, 0.15) is 43.1 Å². The zero-order valence-electron chi connectivity index (χ0n) is 12.6. The Bertz CT molecular complexity index is 429. The van der Waals surface area contributed by atoms with Gasteiger partial charge >= 0.3 is 0 Å². The number of amides is 1. The van der Waals surface area contributed by atoms with E-state index >= 15 is 0 Å². The predicted molar refractivity (Wildman–Crippen MR) is 79.7 cm³/mol. The molecule has 5 heteroatoms. The van der Waals surface area contributed by atoms with E-state index in [4.69, 9.17) is 0 Å². The summed E-state index contributed by atoms with van der Waals surface area (Å²) in [6.07, 6.45) is 6.31. The molecule has 5 nitrogen and oxygen atoms in total. The number of aryl methyl sites for hydroxylation is 1. The van der Waals surface area contributed by atoms with Crippen LogP contribution in [0.4, 0.5) is 0 Å². The quantitative estimate of drug-likeness (QED) is 0.862. The van der Waals surface area contributed by atoms with Crippen LogP contribution in [0.15, 0.2) is 12.3 Å². The van der Waals surface area contributed by atoms with Crippen molar-refractivity contribution in [2.45, 2.75) is 39.2 Å². The first-order valence-electron chi connectivity index (χ1n) is 7.69. The zero-order chi connectivity index (χ0) is 14.4. The number of rotatable bonds is 6. The van der Waals surface area contributed by atoms with Gasteiger partial charge in [0.25, 0.3) is 5.91 Å². The van der Waals surface area contributed by atoms with Crippen molar-refractivity contribution in [3.05, 3.63) is 18.0 Å². The molecule has 0 unspecified atom stereocenters. The van der Waals surface area contributed by atoms with Gasteiger partial charge in [-0.25, -0.2) is 0 Å². The Hall–Kier alpha value is -1.36. The molecule has 1 saturated heterocycles. The molecule has 1 fully saturated rings. The van der Waals surface area contributed by atoms with Gasteiger partial charge < -0.3 is 10.2 Å².